The molecule has 0 aliphatic rings. The van der Waals surface area contributed by atoms with Gasteiger partial charge in [0.2, 0.25) is 0 Å². The molecule has 4 heteroatoms. The molecule has 1 nitrogen and oxygen atoms in total. The number of alkyl halides is 3. The van der Waals surface area contributed by atoms with Crippen molar-refractivity contribution in [2.75, 3.05) is 0 Å². The highest BCUT2D eigenvalue weighted by molar-refractivity contribution is 5.99. The maximum atomic E-state index is 12.6. The zero-order valence-corrected chi connectivity index (χ0v) is 8.36. The lowest BCUT2D eigenvalue weighted by molar-refractivity contribution is -0.137. The van der Waals surface area contributed by atoms with E-state index in [9.17, 15) is 13.2 Å². The lowest BCUT2D eigenvalue weighted by Crippen LogP contribution is -2.12. The Kier molecular flexibility index (Phi) is 3.50. The molecule has 15 heavy (non-hydrogen) atoms. The van der Waals surface area contributed by atoms with Crippen LogP contribution in [0.1, 0.15) is 30.9 Å². The molecule has 0 aromatic heterocycles. The van der Waals surface area contributed by atoms with Crippen molar-refractivity contribution in [3.63, 3.8) is 0 Å². The van der Waals surface area contributed by atoms with Gasteiger partial charge in [-0.25, -0.2) is 0 Å². The van der Waals surface area contributed by atoms with Crippen LogP contribution in [0, 0.1) is 5.41 Å². The topological polar surface area (TPSA) is 23.9 Å². The molecule has 0 saturated heterocycles. The molecule has 1 N–H and O–H groups in total. The quantitative estimate of drug-likeness (QED) is 0.740. The first-order chi connectivity index (χ1) is 6.96. The van der Waals surface area contributed by atoms with Gasteiger partial charge in [-0.1, -0.05) is 31.5 Å². The van der Waals surface area contributed by atoms with E-state index in [1.165, 1.54) is 18.2 Å². The lowest BCUT2D eigenvalue weighted by atomic mass is 10.00. The molecule has 0 aliphatic carbocycles. The Hall–Kier alpha value is -1.32. The Morgan fingerprint density at radius 1 is 1.27 bits per heavy atom. The third-order valence-corrected chi connectivity index (χ3v) is 2.06. The first kappa shape index (κ1) is 11.8. The van der Waals surface area contributed by atoms with E-state index in [0.29, 0.717) is 12.8 Å². The van der Waals surface area contributed by atoms with Crippen molar-refractivity contribution in [2.45, 2.75) is 25.9 Å². The number of nitrogens with one attached hydrogen (secondary N) is 1. The number of benzene rings is 1. The van der Waals surface area contributed by atoms with Gasteiger partial charge in [-0.15, -0.1) is 0 Å². The minimum absolute atomic E-state index is 0.00755. The first-order valence-corrected chi connectivity index (χ1v) is 4.70. The van der Waals surface area contributed by atoms with Gasteiger partial charge in [-0.3, -0.25) is 0 Å². The van der Waals surface area contributed by atoms with Crippen molar-refractivity contribution in [3.05, 3.63) is 35.4 Å². The zero-order chi connectivity index (χ0) is 11.5. The van der Waals surface area contributed by atoms with Crippen LogP contribution in [0.25, 0.3) is 0 Å². The molecule has 0 bridgehead atoms. The van der Waals surface area contributed by atoms with Crippen LogP contribution in [0.15, 0.2) is 24.3 Å². The molecule has 0 fully saturated rings. The molecule has 0 saturated carbocycles. The Morgan fingerprint density at radius 3 is 2.40 bits per heavy atom. The summed E-state index contributed by atoms with van der Waals surface area (Å²) in [7, 11) is 0. The smallest absolute Gasteiger partial charge is 0.305 e. The van der Waals surface area contributed by atoms with Gasteiger partial charge in [0.1, 0.15) is 0 Å². The molecule has 1 aromatic rings. The largest absolute Gasteiger partial charge is 0.417 e. The molecule has 0 radical (unpaired) electrons. The first-order valence-electron chi connectivity index (χ1n) is 4.70. The summed E-state index contributed by atoms with van der Waals surface area (Å²) in [4.78, 5) is 0. The van der Waals surface area contributed by atoms with Gasteiger partial charge < -0.3 is 5.41 Å². The minimum atomic E-state index is -4.38. The van der Waals surface area contributed by atoms with Crippen LogP contribution in [-0.4, -0.2) is 5.71 Å². The SMILES string of the molecule is CCCC(=N)c1ccccc1C(F)(F)F. The van der Waals surface area contributed by atoms with Crippen molar-refractivity contribution in [2.24, 2.45) is 0 Å². The van der Waals surface area contributed by atoms with E-state index in [4.69, 9.17) is 5.41 Å². The van der Waals surface area contributed by atoms with Crippen molar-refractivity contribution in [1.82, 2.24) is 0 Å². The van der Waals surface area contributed by atoms with Crippen molar-refractivity contribution in [1.29, 1.82) is 5.41 Å². The molecule has 1 aromatic carbocycles. The molecular formula is C11H12F3N. The third kappa shape index (κ3) is 2.81. The van der Waals surface area contributed by atoms with Crippen LogP contribution in [0.2, 0.25) is 0 Å². The van der Waals surface area contributed by atoms with Gasteiger partial charge in [-0.05, 0) is 12.5 Å². The Balaban J connectivity index is 3.12. The summed E-state index contributed by atoms with van der Waals surface area (Å²) in [5.74, 6) is 0. The highest BCUT2D eigenvalue weighted by atomic mass is 19.4. The average molecular weight is 215 g/mol. The predicted molar refractivity (Wildman–Crippen MR) is 53.2 cm³/mol. The van der Waals surface area contributed by atoms with E-state index in [0.717, 1.165) is 6.07 Å². The van der Waals surface area contributed by atoms with Gasteiger partial charge in [0.15, 0.2) is 0 Å². The second kappa shape index (κ2) is 4.47. The summed E-state index contributed by atoms with van der Waals surface area (Å²) < 4.78 is 37.7. The molecule has 0 atom stereocenters. The van der Waals surface area contributed by atoms with Crippen LogP contribution >= 0.6 is 0 Å². The number of halogens is 3. The Bertz CT molecular complexity index is 355. The standard InChI is InChI=1S/C11H12F3N/c1-2-5-10(15)8-6-3-4-7-9(8)11(12,13)14/h3-4,6-7,15H,2,5H2,1H3. The molecule has 1 rings (SSSR count). The molecule has 82 valence electrons. The maximum Gasteiger partial charge on any atom is 0.417 e. The number of hydrogen-bond donors (Lipinski definition) is 1. The molecule has 0 heterocycles. The molecule has 0 unspecified atom stereocenters. The minimum Gasteiger partial charge on any atom is -0.305 e. The fourth-order valence-electron chi connectivity index (χ4n) is 1.38. The molecular weight excluding hydrogens is 203 g/mol. The van der Waals surface area contributed by atoms with Gasteiger partial charge in [-0.2, -0.15) is 13.2 Å². The van der Waals surface area contributed by atoms with Crippen LogP contribution in [0.4, 0.5) is 13.2 Å². The Labute approximate surface area is 86.4 Å². The van der Waals surface area contributed by atoms with Crippen molar-refractivity contribution >= 4 is 5.71 Å². The number of rotatable bonds is 3. The predicted octanol–water partition coefficient (Wildman–Crippen LogP) is 3.87. The van der Waals surface area contributed by atoms with Crippen LogP contribution in [0.5, 0.6) is 0 Å². The molecule has 0 spiro atoms. The second-order valence-electron chi connectivity index (χ2n) is 3.27. The van der Waals surface area contributed by atoms with Gasteiger partial charge in [0, 0.05) is 11.3 Å². The van der Waals surface area contributed by atoms with Gasteiger partial charge in [0.05, 0.1) is 5.56 Å². The monoisotopic (exact) mass is 215 g/mol. The van der Waals surface area contributed by atoms with E-state index in [2.05, 4.69) is 0 Å². The second-order valence-corrected chi connectivity index (χ2v) is 3.27. The summed E-state index contributed by atoms with van der Waals surface area (Å²) in [5, 5.41) is 7.55. The van der Waals surface area contributed by atoms with E-state index < -0.39 is 11.7 Å². The van der Waals surface area contributed by atoms with Crippen LogP contribution in [-0.2, 0) is 6.18 Å². The van der Waals surface area contributed by atoms with E-state index in [1.54, 1.807) is 0 Å². The fraction of sp³-hybridized carbons (Fsp3) is 0.364. The summed E-state index contributed by atoms with van der Waals surface area (Å²) in [6.45, 7) is 1.84. The highest BCUT2D eigenvalue weighted by Gasteiger charge is 2.33. The average Bonchev–Trinajstić information content (AvgIpc) is 2.17. The van der Waals surface area contributed by atoms with E-state index in [1.807, 2.05) is 6.92 Å². The van der Waals surface area contributed by atoms with E-state index >= 15 is 0 Å². The normalized spacial score (nSPS) is 11.5. The summed E-state index contributed by atoms with van der Waals surface area (Å²) >= 11 is 0. The van der Waals surface area contributed by atoms with Crippen molar-refractivity contribution in [3.8, 4) is 0 Å². The fourth-order valence-corrected chi connectivity index (χ4v) is 1.38. The lowest BCUT2D eigenvalue weighted by Gasteiger charge is -2.12. The Morgan fingerprint density at radius 2 is 1.87 bits per heavy atom. The van der Waals surface area contributed by atoms with E-state index in [-0.39, 0.29) is 11.3 Å². The summed E-state index contributed by atoms with van der Waals surface area (Å²) in [6, 6.07) is 5.22. The zero-order valence-electron chi connectivity index (χ0n) is 8.36. The summed E-state index contributed by atoms with van der Waals surface area (Å²) in [6.07, 6.45) is -3.34. The molecule has 0 aliphatic heterocycles. The summed E-state index contributed by atoms with van der Waals surface area (Å²) in [5.41, 5.74) is -0.680. The maximum absolute atomic E-state index is 12.6. The third-order valence-electron chi connectivity index (χ3n) is 2.06. The van der Waals surface area contributed by atoms with Crippen LogP contribution < -0.4 is 0 Å². The van der Waals surface area contributed by atoms with Gasteiger partial charge >= 0.3 is 6.18 Å². The number of hydrogen-bond acceptors (Lipinski definition) is 1. The highest BCUT2D eigenvalue weighted by Crippen LogP contribution is 2.32. The van der Waals surface area contributed by atoms with Crippen LogP contribution in [0.3, 0.4) is 0 Å². The van der Waals surface area contributed by atoms with Gasteiger partial charge in [0.25, 0.3) is 0 Å². The molecule has 0 amide bonds. The van der Waals surface area contributed by atoms with Crippen molar-refractivity contribution < 1.29 is 13.2 Å².